The molecule has 0 amide bonds. The Morgan fingerprint density at radius 1 is 1.05 bits per heavy atom. The zero-order valence-corrected chi connectivity index (χ0v) is 13.1. The van der Waals surface area contributed by atoms with E-state index in [1.807, 2.05) is 31.2 Å². The minimum atomic E-state index is 0.175. The number of hydrogen-bond donors (Lipinski definition) is 0. The highest BCUT2D eigenvalue weighted by Gasteiger charge is 2.16. The van der Waals surface area contributed by atoms with Crippen LogP contribution in [0, 0.1) is 6.92 Å². The van der Waals surface area contributed by atoms with Crippen LogP contribution < -0.4 is 0 Å². The summed E-state index contributed by atoms with van der Waals surface area (Å²) in [6.07, 6.45) is 5.87. The molecule has 1 aromatic carbocycles. The van der Waals surface area contributed by atoms with Crippen LogP contribution in [0.4, 0.5) is 0 Å². The maximum absolute atomic E-state index is 12.1. The van der Waals surface area contributed by atoms with Gasteiger partial charge in [-0.25, -0.2) is 0 Å². The zero-order chi connectivity index (χ0) is 15.2. The van der Waals surface area contributed by atoms with Gasteiger partial charge in [0.05, 0.1) is 0 Å². The molecule has 2 nitrogen and oxygen atoms in total. The molecular weight excluding hydrogens is 260 g/mol. The third-order valence-electron chi connectivity index (χ3n) is 4.26. The van der Waals surface area contributed by atoms with Crippen LogP contribution in [-0.2, 0) is 4.79 Å². The lowest BCUT2D eigenvalue weighted by molar-refractivity contribution is -0.115. The van der Waals surface area contributed by atoms with Crippen molar-refractivity contribution >= 4 is 11.6 Å². The summed E-state index contributed by atoms with van der Waals surface area (Å²) in [6.45, 7) is 4.08. The van der Waals surface area contributed by atoms with Gasteiger partial charge in [0.15, 0.2) is 11.6 Å². The monoisotopic (exact) mass is 284 g/mol. The summed E-state index contributed by atoms with van der Waals surface area (Å²) in [6, 6.07) is 7.71. The van der Waals surface area contributed by atoms with Gasteiger partial charge in [0.25, 0.3) is 0 Å². The Kier molecular flexibility index (Phi) is 5.49. The average molecular weight is 284 g/mol. The van der Waals surface area contributed by atoms with Crippen molar-refractivity contribution < 1.29 is 9.59 Å². The molecule has 0 heterocycles. The number of ketones is 2. The van der Waals surface area contributed by atoms with Crippen LogP contribution in [0.2, 0.25) is 0 Å². The molecule has 0 fully saturated rings. The van der Waals surface area contributed by atoms with Gasteiger partial charge in [-0.3, -0.25) is 9.59 Å². The van der Waals surface area contributed by atoms with Crippen molar-refractivity contribution in [3.05, 3.63) is 46.5 Å². The SMILES string of the molecule is CC1=C(CCCC(=O)c2ccc(C)cc2)C(=O)CCCC1. The lowest BCUT2D eigenvalue weighted by Crippen LogP contribution is -2.05. The maximum Gasteiger partial charge on any atom is 0.162 e. The van der Waals surface area contributed by atoms with Crippen LogP contribution in [0.15, 0.2) is 35.4 Å². The van der Waals surface area contributed by atoms with E-state index in [1.165, 1.54) is 5.57 Å². The predicted molar refractivity (Wildman–Crippen MR) is 85.5 cm³/mol. The summed E-state index contributed by atoms with van der Waals surface area (Å²) in [5.74, 6) is 0.474. The Balaban J connectivity index is 1.90. The van der Waals surface area contributed by atoms with Crippen LogP contribution >= 0.6 is 0 Å². The number of Topliss-reactive ketones (excluding diaryl/α,β-unsaturated/α-hetero) is 2. The van der Waals surface area contributed by atoms with E-state index in [9.17, 15) is 9.59 Å². The van der Waals surface area contributed by atoms with Gasteiger partial charge in [-0.15, -0.1) is 0 Å². The fraction of sp³-hybridized carbons (Fsp3) is 0.474. The second-order valence-corrected chi connectivity index (χ2v) is 6.03. The van der Waals surface area contributed by atoms with E-state index in [0.717, 1.165) is 48.8 Å². The van der Waals surface area contributed by atoms with Gasteiger partial charge in [0, 0.05) is 18.4 Å². The minimum Gasteiger partial charge on any atom is -0.295 e. The molecule has 0 aromatic heterocycles. The van der Waals surface area contributed by atoms with E-state index in [2.05, 4.69) is 6.92 Å². The van der Waals surface area contributed by atoms with E-state index in [1.54, 1.807) is 0 Å². The topological polar surface area (TPSA) is 34.1 Å². The second-order valence-electron chi connectivity index (χ2n) is 6.03. The van der Waals surface area contributed by atoms with Gasteiger partial charge in [-0.1, -0.05) is 35.4 Å². The minimum absolute atomic E-state index is 0.175. The van der Waals surface area contributed by atoms with Crippen molar-refractivity contribution in [3.63, 3.8) is 0 Å². The molecule has 0 unspecified atom stereocenters. The van der Waals surface area contributed by atoms with E-state index in [0.29, 0.717) is 18.6 Å². The van der Waals surface area contributed by atoms with Gasteiger partial charge in [0.2, 0.25) is 0 Å². The number of carbonyl (C=O) groups is 2. The highest BCUT2D eigenvalue weighted by atomic mass is 16.1. The molecule has 0 aliphatic heterocycles. The first-order chi connectivity index (χ1) is 10.1. The molecule has 2 heteroatoms. The third-order valence-corrected chi connectivity index (χ3v) is 4.26. The van der Waals surface area contributed by atoms with Gasteiger partial charge in [0.1, 0.15) is 0 Å². The molecule has 2 rings (SSSR count). The van der Waals surface area contributed by atoms with Crippen molar-refractivity contribution in [2.75, 3.05) is 0 Å². The number of rotatable bonds is 5. The molecule has 1 aliphatic rings. The number of hydrogen-bond acceptors (Lipinski definition) is 2. The van der Waals surface area contributed by atoms with Crippen LogP contribution in [0.25, 0.3) is 0 Å². The van der Waals surface area contributed by atoms with Gasteiger partial charge >= 0.3 is 0 Å². The number of carbonyl (C=O) groups excluding carboxylic acids is 2. The fourth-order valence-corrected chi connectivity index (χ4v) is 2.88. The van der Waals surface area contributed by atoms with E-state index in [4.69, 9.17) is 0 Å². The molecule has 112 valence electrons. The number of benzene rings is 1. The van der Waals surface area contributed by atoms with Crippen LogP contribution in [-0.4, -0.2) is 11.6 Å². The van der Waals surface area contributed by atoms with Crippen molar-refractivity contribution in [3.8, 4) is 0 Å². The number of aryl methyl sites for hydroxylation is 1. The van der Waals surface area contributed by atoms with Crippen molar-refractivity contribution in [1.29, 1.82) is 0 Å². The molecule has 0 N–H and O–H groups in total. The summed E-state index contributed by atoms with van der Waals surface area (Å²) < 4.78 is 0. The zero-order valence-electron chi connectivity index (χ0n) is 13.1. The highest BCUT2D eigenvalue weighted by Crippen LogP contribution is 2.25. The van der Waals surface area contributed by atoms with Crippen molar-refractivity contribution in [2.45, 2.75) is 58.8 Å². The highest BCUT2D eigenvalue weighted by molar-refractivity contribution is 5.97. The molecule has 1 aromatic rings. The molecule has 0 spiro atoms. The summed E-state index contributed by atoms with van der Waals surface area (Å²) in [5.41, 5.74) is 4.17. The smallest absolute Gasteiger partial charge is 0.162 e. The molecule has 0 saturated heterocycles. The Morgan fingerprint density at radius 3 is 2.43 bits per heavy atom. The molecule has 0 radical (unpaired) electrons. The summed E-state index contributed by atoms with van der Waals surface area (Å²) in [5, 5.41) is 0. The Hall–Kier alpha value is -1.70. The summed E-state index contributed by atoms with van der Waals surface area (Å²) in [4.78, 5) is 24.2. The van der Waals surface area contributed by atoms with Crippen LogP contribution in [0.3, 0.4) is 0 Å². The van der Waals surface area contributed by atoms with Crippen molar-refractivity contribution in [1.82, 2.24) is 0 Å². The second kappa shape index (κ2) is 7.35. The Morgan fingerprint density at radius 2 is 1.71 bits per heavy atom. The lowest BCUT2D eigenvalue weighted by atomic mass is 9.96. The van der Waals surface area contributed by atoms with Gasteiger partial charge < -0.3 is 0 Å². The number of allylic oxidation sites excluding steroid dienone is 2. The molecule has 0 saturated carbocycles. The lowest BCUT2D eigenvalue weighted by Gasteiger charge is -2.08. The largest absolute Gasteiger partial charge is 0.295 e. The first kappa shape index (κ1) is 15.7. The van der Waals surface area contributed by atoms with Crippen LogP contribution in [0.5, 0.6) is 0 Å². The standard InChI is InChI=1S/C19H24O2/c1-14-10-12-16(13-11-14)18(20)9-5-7-17-15(2)6-3-4-8-19(17)21/h10-13H,3-9H2,1-2H3. The average Bonchev–Trinajstić information content (AvgIpc) is 2.62. The summed E-state index contributed by atoms with van der Waals surface area (Å²) >= 11 is 0. The van der Waals surface area contributed by atoms with Gasteiger partial charge in [-0.2, -0.15) is 0 Å². The molecular formula is C19H24O2. The van der Waals surface area contributed by atoms with E-state index in [-0.39, 0.29) is 5.78 Å². The van der Waals surface area contributed by atoms with E-state index >= 15 is 0 Å². The Labute approximate surface area is 127 Å². The molecule has 0 atom stereocenters. The first-order valence-electron chi connectivity index (χ1n) is 7.89. The molecule has 0 bridgehead atoms. The Bertz CT molecular complexity index is 549. The molecule has 1 aliphatic carbocycles. The van der Waals surface area contributed by atoms with Gasteiger partial charge in [-0.05, 0) is 51.5 Å². The first-order valence-corrected chi connectivity index (χ1v) is 7.89. The summed E-state index contributed by atoms with van der Waals surface area (Å²) in [7, 11) is 0. The quantitative estimate of drug-likeness (QED) is 0.727. The van der Waals surface area contributed by atoms with Crippen molar-refractivity contribution in [2.24, 2.45) is 0 Å². The van der Waals surface area contributed by atoms with Crippen LogP contribution in [0.1, 0.15) is 67.8 Å². The molecule has 21 heavy (non-hydrogen) atoms. The normalized spacial score (nSPS) is 16.0. The van der Waals surface area contributed by atoms with E-state index < -0.39 is 0 Å². The fourth-order valence-electron chi connectivity index (χ4n) is 2.88. The maximum atomic E-state index is 12.1. The third kappa shape index (κ3) is 4.38. The predicted octanol–water partition coefficient (Wildman–Crippen LogP) is 4.81.